The predicted molar refractivity (Wildman–Crippen MR) is 102 cm³/mol. The summed E-state index contributed by atoms with van der Waals surface area (Å²) >= 11 is 3.51. The van der Waals surface area contributed by atoms with Gasteiger partial charge < -0.3 is 4.74 Å². The fraction of sp³-hybridized carbons (Fsp3) is 0.0952. The molecule has 0 bridgehead atoms. The number of carbonyl (C=O) groups is 1. The zero-order valence-corrected chi connectivity index (χ0v) is 14.8. The molecule has 120 valence electrons. The predicted octanol–water partition coefficient (Wildman–Crippen LogP) is 5.72. The fourth-order valence-electron chi connectivity index (χ4n) is 2.78. The van der Waals surface area contributed by atoms with Gasteiger partial charge in [0.05, 0.1) is 4.47 Å². The van der Waals surface area contributed by atoms with Crippen LogP contribution >= 0.6 is 15.9 Å². The molecule has 0 aromatic heterocycles. The van der Waals surface area contributed by atoms with Crippen molar-refractivity contribution in [3.8, 4) is 5.75 Å². The summed E-state index contributed by atoms with van der Waals surface area (Å²) in [5, 5.41) is 2.38. The van der Waals surface area contributed by atoms with Crippen molar-refractivity contribution in [3.63, 3.8) is 0 Å². The van der Waals surface area contributed by atoms with E-state index in [-0.39, 0.29) is 0 Å². The lowest BCUT2D eigenvalue weighted by atomic mass is 10.0. The summed E-state index contributed by atoms with van der Waals surface area (Å²) in [6.07, 6.45) is 3.29. The van der Waals surface area contributed by atoms with Gasteiger partial charge in [-0.2, -0.15) is 0 Å². The molecule has 0 spiro atoms. The molecule has 0 fully saturated rings. The largest absolute Gasteiger partial charge is 0.487 e. The summed E-state index contributed by atoms with van der Waals surface area (Å²) in [4.78, 5) is 11.1. The molecule has 24 heavy (non-hydrogen) atoms. The molecule has 0 aliphatic rings. The van der Waals surface area contributed by atoms with Crippen LogP contribution in [0, 0.1) is 0 Å². The van der Waals surface area contributed by atoms with E-state index in [2.05, 4.69) is 46.8 Å². The fourth-order valence-corrected chi connectivity index (χ4v) is 3.41. The SMILES string of the molecule is C=CCc1cc(C=O)cc(Br)c1OCc1cccc2ccccc12. The molecule has 3 heteroatoms. The van der Waals surface area contributed by atoms with E-state index in [1.54, 1.807) is 12.1 Å². The van der Waals surface area contributed by atoms with E-state index in [0.717, 1.165) is 27.6 Å². The maximum atomic E-state index is 11.1. The molecule has 3 aromatic carbocycles. The van der Waals surface area contributed by atoms with E-state index in [1.807, 2.05) is 24.3 Å². The molecule has 0 atom stereocenters. The molecule has 3 rings (SSSR count). The lowest BCUT2D eigenvalue weighted by Gasteiger charge is -2.14. The van der Waals surface area contributed by atoms with Crippen LogP contribution in [0.5, 0.6) is 5.75 Å². The first-order valence-corrected chi connectivity index (χ1v) is 8.50. The molecule has 2 nitrogen and oxygen atoms in total. The monoisotopic (exact) mass is 380 g/mol. The van der Waals surface area contributed by atoms with Crippen LogP contribution in [0.25, 0.3) is 10.8 Å². The van der Waals surface area contributed by atoms with Crippen molar-refractivity contribution >= 4 is 33.0 Å². The molecular formula is C21H17BrO2. The smallest absolute Gasteiger partial charge is 0.150 e. The van der Waals surface area contributed by atoms with Crippen LogP contribution in [-0.4, -0.2) is 6.29 Å². The minimum Gasteiger partial charge on any atom is -0.487 e. The molecule has 0 unspecified atom stereocenters. The number of ether oxygens (including phenoxy) is 1. The summed E-state index contributed by atoms with van der Waals surface area (Å²) in [5.41, 5.74) is 2.70. The van der Waals surface area contributed by atoms with E-state index < -0.39 is 0 Å². The first-order chi connectivity index (χ1) is 11.7. The molecule has 0 radical (unpaired) electrons. The minimum absolute atomic E-state index is 0.463. The topological polar surface area (TPSA) is 26.3 Å². The second kappa shape index (κ2) is 7.45. The van der Waals surface area contributed by atoms with Crippen molar-refractivity contribution in [2.45, 2.75) is 13.0 Å². The second-order valence-corrected chi connectivity index (χ2v) is 6.38. The van der Waals surface area contributed by atoms with Crippen LogP contribution in [0.3, 0.4) is 0 Å². The van der Waals surface area contributed by atoms with Gasteiger partial charge in [0.2, 0.25) is 0 Å². The van der Waals surface area contributed by atoms with E-state index >= 15 is 0 Å². The summed E-state index contributed by atoms with van der Waals surface area (Å²) in [7, 11) is 0. The van der Waals surface area contributed by atoms with Gasteiger partial charge in [-0.15, -0.1) is 6.58 Å². The van der Waals surface area contributed by atoms with E-state index in [9.17, 15) is 4.79 Å². The average molecular weight is 381 g/mol. The third-order valence-electron chi connectivity index (χ3n) is 3.90. The van der Waals surface area contributed by atoms with Gasteiger partial charge in [0.25, 0.3) is 0 Å². The van der Waals surface area contributed by atoms with Crippen LogP contribution in [0.1, 0.15) is 21.5 Å². The Morgan fingerprint density at radius 1 is 1.04 bits per heavy atom. The Morgan fingerprint density at radius 3 is 2.62 bits per heavy atom. The summed E-state index contributed by atoms with van der Waals surface area (Å²) in [5.74, 6) is 0.758. The Bertz CT molecular complexity index is 894. The van der Waals surface area contributed by atoms with Crippen LogP contribution in [0.15, 0.2) is 71.7 Å². The Morgan fingerprint density at radius 2 is 1.83 bits per heavy atom. The van der Waals surface area contributed by atoms with Gasteiger partial charge in [-0.05, 0) is 56.4 Å². The molecule has 0 amide bonds. The third kappa shape index (κ3) is 3.41. The Kier molecular flexibility index (Phi) is 5.11. The highest BCUT2D eigenvalue weighted by atomic mass is 79.9. The highest BCUT2D eigenvalue weighted by molar-refractivity contribution is 9.10. The van der Waals surface area contributed by atoms with E-state index in [1.165, 1.54) is 10.8 Å². The summed E-state index contributed by atoms with van der Waals surface area (Å²) < 4.78 is 6.89. The maximum absolute atomic E-state index is 11.1. The zero-order valence-electron chi connectivity index (χ0n) is 13.2. The molecule has 0 saturated carbocycles. The lowest BCUT2D eigenvalue weighted by Crippen LogP contribution is -2.01. The Hall–Kier alpha value is -2.39. The molecule has 0 N–H and O–H groups in total. The van der Waals surface area contributed by atoms with E-state index in [4.69, 9.17) is 4.74 Å². The maximum Gasteiger partial charge on any atom is 0.150 e. The molecule has 0 heterocycles. The van der Waals surface area contributed by atoms with Crippen LogP contribution in [0.4, 0.5) is 0 Å². The van der Waals surface area contributed by atoms with Gasteiger partial charge in [-0.3, -0.25) is 4.79 Å². The van der Waals surface area contributed by atoms with Gasteiger partial charge >= 0.3 is 0 Å². The highest BCUT2D eigenvalue weighted by Crippen LogP contribution is 2.32. The highest BCUT2D eigenvalue weighted by Gasteiger charge is 2.11. The molecule has 3 aromatic rings. The summed E-state index contributed by atoms with van der Waals surface area (Å²) in [6.45, 7) is 4.25. The Labute approximate surface area is 149 Å². The van der Waals surface area contributed by atoms with Crippen molar-refractivity contribution in [2.24, 2.45) is 0 Å². The molecule has 0 aliphatic heterocycles. The zero-order chi connectivity index (χ0) is 16.9. The van der Waals surface area contributed by atoms with Crippen LogP contribution < -0.4 is 4.74 Å². The van der Waals surface area contributed by atoms with Crippen molar-refractivity contribution in [1.29, 1.82) is 0 Å². The first kappa shape index (κ1) is 16.5. The number of rotatable bonds is 6. The van der Waals surface area contributed by atoms with Gasteiger partial charge in [0, 0.05) is 5.56 Å². The number of allylic oxidation sites excluding steroid dienone is 1. The van der Waals surface area contributed by atoms with Gasteiger partial charge in [0.1, 0.15) is 18.6 Å². The quantitative estimate of drug-likeness (QED) is 0.403. The number of fused-ring (bicyclic) bond motifs is 1. The van der Waals surface area contributed by atoms with Gasteiger partial charge in [-0.25, -0.2) is 0 Å². The normalized spacial score (nSPS) is 10.5. The molecule has 0 aliphatic carbocycles. The van der Waals surface area contributed by atoms with Crippen molar-refractivity contribution in [2.75, 3.05) is 0 Å². The summed E-state index contributed by atoms with van der Waals surface area (Å²) in [6, 6.07) is 18.1. The van der Waals surface area contributed by atoms with Gasteiger partial charge in [-0.1, -0.05) is 48.5 Å². The van der Waals surface area contributed by atoms with Gasteiger partial charge in [0.15, 0.2) is 0 Å². The molecular weight excluding hydrogens is 364 g/mol. The number of hydrogen-bond acceptors (Lipinski definition) is 2. The number of hydrogen-bond donors (Lipinski definition) is 0. The van der Waals surface area contributed by atoms with E-state index in [0.29, 0.717) is 18.6 Å². The standard InChI is InChI=1S/C21H17BrO2/c1-2-6-17-11-15(13-23)12-20(22)21(17)24-14-18-9-5-8-16-7-3-4-10-19(16)18/h2-5,7-13H,1,6,14H2. The average Bonchev–Trinajstić information content (AvgIpc) is 2.61. The van der Waals surface area contributed by atoms with Crippen molar-refractivity contribution in [1.82, 2.24) is 0 Å². The Balaban J connectivity index is 1.93. The van der Waals surface area contributed by atoms with Crippen molar-refractivity contribution in [3.05, 3.63) is 88.4 Å². The number of carbonyl (C=O) groups excluding carboxylic acids is 1. The number of aldehydes is 1. The van der Waals surface area contributed by atoms with Crippen LogP contribution in [-0.2, 0) is 13.0 Å². The lowest BCUT2D eigenvalue weighted by molar-refractivity contribution is 0.112. The van der Waals surface area contributed by atoms with Crippen LogP contribution in [0.2, 0.25) is 0 Å². The second-order valence-electron chi connectivity index (χ2n) is 5.53. The van der Waals surface area contributed by atoms with Crippen molar-refractivity contribution < 1.29 is 9.53 Å². The number of halogens is 1. The first-order valence-electron chi connectivity index (χ1n) is 7.71. The number of benzene rings is 3. The third-order valence-corrected chi connectivity index (χ3v) is 4.48. The molecule has 0 saturated heterocycles. The minimum atomic E-state index is 0.463.